The van der Waals surface area contributed by atoms with Gasteiger partial charge < -0.3 is 0 Å². The molecule has 4 rings (SSSR count). The van der Waals surface area contributed by atoms with Gasteiger partial charge in [0.1, 0.15) is 0 Å². The van der Waals surface area contributed by atoms with Gasteiger partial charge >= 0.3 is 0 Å². The van der Waals surface area contributed by atoms with Gasteiger partial charge in [0.15, 0.2) is 0 Å². The van der Waals surface area contributed by atoms with E-state index in [1.165, 1.54) is 20.9 Å². The Morgan fingerprint density at radius 1 is 0.531 bits per heavy atom. The van der Waals surface area contributed by atoms with E-state index in [0.717, 1.165) is 22.5 Å². The van der Waals surface area contributed by atoms with Gasteiger partial charge in [-0.15, -0.1) is 0 Å². The topological polar surface area (TPSA) is 24.7 Å². The first-order chi connectivity index (χ1) is 15.7. The average molecular weight is 453 g/mol. The molecule has 0 N–H and O–H groups in total. The fraction of sp³-hybridized carbons (Fsp3) is 0.0714. The second-order valence-electron chi connectivity index (χ2n) is 7.34. The number of aliphatic imine (C=N–C) groups is 2. The number of thioether (sulfide) groups is 2. The van der Waals surface area contributed by atoms with Gasteiger partial charge in [0.25, 0.3) is 0 Å². The number of hydrogen-bond donors (Lipinski definition) is 0. The van der Waals surface area contributed by atoms with Gasteiger partial charge in [-0.05, 0) is 66.4 Å². The molecule has 158 valence electrons. The Balaban J connectivity index is 1.59. The molecule has 0 amide bonds. The SMILES string of the molecule is Cc1ccccc1S/C=N/c1cc(/N=C/Sc2ccccc2C)cc(-c2ccccc2)c1. The molecule has 0 atom stereocenters. The molecule has 4 heteroatoms. The van der Waals surface area contributed by atoms with Crippen LogP contribution in [0, 0.1) is 13.8 Å². The fourth-order valence-electron chi connectivity index (χ4n) is 3.21. The van der Waals surface area contributed by atoms with Gasteiger partial charge in [-0.25, -0.2) is 9.98 Å². The normalized spacial score (nSPS) is 11.4. The number of hydrogen-bond acceptors (Lipinski definition) is 4. The Kier molecular flexibility index (Phi) is 7.59. The van der Waals surface area contributed by atoms with E-state index < -0.39 is 0 Å². The smallest absolute Gasteiger partial charge is 0.0663 e. The van der Waals surface area contributed by atoms with Crippen LogP contribution in [0.2, 0.25) is 0 Å². The summed E-state index contributed by atoms with van der Waals surface area (Å²) in [6, 6.07) is 33.3. The van der Waals surface area contributed by atoms with Crippen LogP contribution >= 0.6 is 23.5 Å². The Labute approximate surface area is 198 Å². The molecule has 0 saturated carbocycles. The van der Waals surface area contributed by atoms with Crippen LogP contribution in [0.15, 0.2) is 117 Å². The summed E-state index contributed by atoms with van der Waals surface area (Å²) >= 11 is 3.26. The van der Waals surface area contributed by atoms with Crippen LogP contribution in [-0.2, 0) is 0 Å². The van der Waals surface area contributed by atoms with Crippen LogP contribution in [-0.4, -0.2) is 11.1 Å². The third kappa shape index (κ3) is 6.00. The second-order valence-corrected chi connectivity index (χ2v) is 9.11. The van der Waals surface area contributed by atoms with Crippen molar-refractivity contribution in [1.29, 1.82) is 0 Å². The van der Waals surface area contributed by atoms with E-state index in [4.69, 9.17) is 9.98 Å². The van der Waals surface area contributed by atoms with Crippen LogP contribution in [0.25, 0.3) is 11.1 Å². The summed E-state index contributed by atoms with van der Waals surface area (Å²) in [5, 5.41) is 0. The number of aryl methyl sites for hydroxylation is 2. The first-order valence-electron chi connectivity index (χ1n) is 10.4. The zero-order chi connectivity index (χ0) is 22.2. The molecule has 0 spiro atoms. The third-order valence-electron chi connectivity index (χ3n) is 4.96. The molecule has 0 bridgehead atoms. The molecule has 2 nitrogen and oxygen atoms in total. The molecule has 0 fully saturated rings. The number of benzene rings is 4. The lowest BCUT2D eigenvalue weighted by Crippen LogP contribution is -1.80. The molecule has 0 radical (unpaired) electrons. The lowest BCUT2D eigenvalue weighted by molar-refractivity contribution is 1.31. The van der Waals surface area contributed by atoms with E-state index in [9.17, 15) is 0 Å². The zero-order valence-corrected chi connectivity index (χ0v) is 19.7. The molecular formula is C28H24N2S2. The Hall–Kier alpha value is -3.08. The van der Waals surface area contributed by atoms with E-state index in [1.54, 1.807) is 23.5 Å². The summed E-state index contributed by atoms with van der Waals surface area (Å²) in [5.74, 6) is 0. The minimum Gasteiger partial charge on any atom is -0.250 e. The van der Waals surface area contributed by atoms with Crippen molar-refractivity contribution in [2.75, 3.05) is 0 Å². The lowest BCUT2D eigenvalue weighted by Gasteiger charge is -2.06. The Bertz CT molecular complexity index is 1170. The van der Waals surface area contributed by atoms with Gasteiger partial charge in [0.05, 0.1) is 22.5 Å². The molecular weight excluding hydrogens is 428 g/mol. The molecule has 0 aliphatic rings. The first kappa shape index (κ1) is 22.1. The van der Waals surface area contributed by atoms with Gasteiger partial charge in [-0.1, -0.05) is 90.3 Å². The molecule has 4 aromatic carbocycles. The predicted octanol–water partition coefficient (Wildman–Crippen LogP) is 8.87. The molecule has 0 heterocycles. The maximum atomic E-state index is 4.73. The molecule has 0 aliphatic carbocycles. The van der Waals surface area contributed by atoms with Crippen molar-refractivity contribution in [1.82, 2.24) is 0 Å². The minimum atomic E-state index is 0.889. The second kappa shape index (κ2) is 11.0. The van der Waals surface area contributed by atoms with E-state index in [0.29, 0.717) is 0 Å². The van der Waals surface area contributed by atoms with Crippen molar-refractivity contribution in [2.24, 2.45) is 9.98 Å². The predicted molar refractivity (Wildman–Crippen MR) is 142 cm³/mol. The average Bonchev–Trinajstić information content (AvgIpc) is 2.82. The zero-order valence-electron chi connectivity index (χ0n) is 18.1. The van der Waals surface area contributed by atoms with E-state index in [1.807, 2.05) is 23.2 Å². The van der Waals surface area contributed by atoms with E-state index in [-0.39, 0.29) is 0 Å². The minimum absolute atomic E-state index is 0.889. The number of nitrogens with zero attached hydrogens (tertiary/aromatic N) is 2. The van der Waals surface area contributed by atoms with Crippen LogP contribution in [0.4, 0.5) is 11.4 Å². The highest BCUT2D eigenvalue weighted by Crippen LogP contribution is 2.31. The summed E-state index contributed by atoms with van der Waals surface area (Å²) in [6.07, 6.45) is 0. The summed E-state index contributed by atoms with van der Waals surface area (Å²) in [7, 11) is 0. The van der Waals surface area contributed by atoms with Crippen molar-refractivity contribution >= 4 is 46.0 Å². The summed E-state index contributed by atoms with van der Waals surface area (Å²) in [4.78, 5) is 11.9. The van der Waals surface area contributed by atoms with Crippen LogP contribution in [0.3, 0.4) is 0 Å². The quantitative estimate of drug-likeness (QED) is 0.159. The monoisotopic (exact) mass is 452 g/mol. The molecule has 0 aliphatic heterocycles. The summed E-state index contributed by atoms with van der Waals surface area (Å²) in [5.41, 5.74) is 10.3. The molecule has 0 saturated heterocycles. The molecule has 4 aromatic rings. The third-order valence-corrected chi connectivity index (χ3v) is 6.81. The number of rotatable bonds is 7. The van der Waals surface area contributed by atoms with Crippen molar-refractivity contribution in [3.63, 3.8) is 0 Å². The van der Waals surface area contributed by atoms with Crippen molar-refractivity contribution in [2.45, 2.75) is 23.6 Å². The van der Waals surface area contributed by atoms with Crippen molar-refractivity contribution in [3.05, 3.63) is 108 Å². The molecule has 0 unspecified atom stereocenters. The van der Waals surface area contributed by atoms with Crippen molar-refractivity contribution < 1.29 is 0 Å². The summed E-state index contributed by atoms with van der Waals surface area (Å²) < 4.78 is 0. The maximum absolute atomic E-state index is 4.73. The Morgan fingerprint density at radius 3 is 1.50 bits per heavy atom. The highest BCUT2D eigenvalue weighted by atomic mass is 32.2. The standard InChI is InChI=1S/C28H24N2S2/c1-21-10-6-8-14-27(21)31-19-29-25-16-24(23-12-4-3-5-13-23)17-26(18-25)30-20-32-28-15-9-7-11-22(28)2/h3-20H,1-2H3/b29-19+,30-20+. The van der Waals surface area contributed by atoms with E-state index >= 15 is 0 Å². The largest absolute Gasteiger partial charge is 0.250 e. The fourth-order valence-corrected chi connectivity index (χ4v) is 4.60. The van der Waals surface area contributed by atoms with Gasteiger partial charge in [-0.3, -0.25) is 0 Å². The maximum Gasteiger partial charge on any atom is 0.0663 e. The van der Waals surface area contributed by atoms with Gasteiger partial charge in [-0.2, -0.15) is 0 Å². The van der Waals surface area contributed by atoms with Crippen molar-refractivity contribution in [3.8, 4) is 11.1 Å². The molecule has 32 heavy (non-hydrogen) atoms. The van der Waals surface area contributed by atoms with Gasteiger partial charge in [0.2, 0.25) is 0 Å². The van der Waals surface area contributed by atoms with Crippen LogP contribution in [0.5, 0.6) is 0 Å². The highest BCUT2D eigenvalue weighted by Gasteiger charge is 2.03. The highest BCUT2D eigenvalue weighted by molar-refractivity contribution is 8.12. The van der Waals surface area contributed by atoms with Crippen LogP contribution in [0.1, 0.15) is 11.1 Å². The summed E-state index contributed by atoms with van der Waals surface area (Å²) in [6.45, 7) is 4.23. The van der Waals surface area contributed by atoms with E-state index in [2.05, 4.69) is 98.8 Å². The lowest BCUT2D eigenvalue weighted by atomic mass is 10.0. The van der Waals surface area contributed by atoms with Gasteiger partial charge in [0, 0.05) is 9.79 Å². The van der Waals surface area contributed by atoms with Crippen LogP contribution < -0.4 is 0 Å². The Morgan fingerprint density at radius 2 is 1.00 bits per heavy atom. The molecule has 0 aromatic heterocycles. The first-order valence-corrected chi connectivity index (χ1v) is 12.2.